The lowest BCUT2D eigenvalue weighted by Gasteiger charge is -2.38. The molecule has 0 aromatic rings. The van der Waals surface area contributed by atoms with Gasteiger partial charge in [0.15, 0.2) is 0 Å². The van der Waals surface area contributed by atoms with Gasteiger partial charge in [-0.25, -0.2) is 0 Å². The fourth-order valence-electron chi connectivity index (χ4n) is 3.82. The number of hydrogen-bond donors (Lipinski definition) is 2. The molecule has 2 fully saturated rings. The van der Waals surface area contributed by atoms with E-state index in [2.05, 4.69) is 19.2 Å². The SMILES string of the molecule is CCC1CCC(O)(CNC(=O)C2(C)CCCCC2)CC1. The van der Waals surface area contributed by atoms with Crippen LogP contribution in [0, 0.1) is 11.3 Å². The van der Waals surface area contributed by atoms with Gasteiger partial charge in [-0.05, 0) is 44.4 Å². The van der Waals surface area contributed by atoms with Crippen LogP contribution in [0.1, 0.15) is 78.1 Å². The molecular formula is C17H31NO2. The van der Waals surface area contributed by atoms with Gasteiger partial charge >= 0.3 is 0 Å². The summed E-state index contributed by atoms with van der Waals surface area (Å²) in [7, 11) is 0. The summed E-state index contributed by atoms with van der Waals surface area (Å²) in [5.41, 5.74) is -0.860. The van der Waals surface area contributed by atoms with Crippen molar-refractivity contribution in [1.82, 2.24) is 5.32 Å². The van der Waals surface area contributed by atoms with Gasteiger partial charge in [0.2, 0.25) is 5.91 Å². The maximum atomic E-state index is 12.4. The average Bonchev–Trinajstić information content (AvgIpc) is 2.46. The van der Waals surface area contributed by atoms with E-state index in [1.165, 1.54) is 12.8 Å². The van der Waals surface area contributed by atoms with Crippen molar-refractivity contribution in [1.29, 1.82) is 0 Å². The van der Waals surface area contributed by atoms with Gasteiger partial charge in [0.25, 0.3) is 0 Å². The summed E-state index contributed by atoms with van der Waals surface area (Å²) in [5, 5.41) is 13.6. The Balaban J connectivity index is 1.81. The van der Waals surface area contributed by atoms with Crippen LogP contribution in [0.5, 0.6) is 0 Å². The highest BCUT2D eigenvalue weighted by molar-refractivity contribution is 5.82. The molecule has 0 atom stereocenters. The minimum Gasteiger partial charge on any atom is -0.388 e. The van der Waals surface area contributed by atoms with Crippen LogP contribution in [0.2, 0.25) is 0 Å². The van der Waals surface area contributed by atoms with Crippen LogP contribution in [0.15, 0.2) is 0 Å². The Labute approximate surface area is 123 Å². The van der Waals surface area contributed by atoms with E-state index in [1.807, 2.05) is 0 Å². The van der Waals surface area contributed by atoms with Gasteiger partial charge in [0.05, 0.1) is 5.60 Å². The third kappa shape index (κ3) is 3.75. The third-order valence-corrected chi connectivity index (χ3v) is 5.70. The number of aliphatic hydroxyl groups is 1. The van der Waals surface area contributed by atoms with Crippen LogP contribution >= 0.6 is 0 Å². The van der Waals surface area contributed by atoms with Crippen LogP contribution in [-0.4, -0.2) is 23.2 Å². The number of nitrogens with one attached hydrogen (secondary N) is 1. The Kier molecular flexibility index (Phi) is 5.11. The molecule has 2 rings (SSSR count). The van der Waals surface area contributed by atoms with Crippen molar-refractivity contribution in [3.63, 3.8) is 0 Å². The van der Waals surface area contributed by atoms with Crippen molar-refractivity contribution in [2.45, 2.75) is 83.7 Å². The zero-order valence-corrected chi connectivity index (χ0v) is 13.2. The van der Waals surface area contributed by atoms with Crippen LogP contribution < -0.4 is 5.32 Å². The van der Waals surface area contributed by atoms with Crippen LogP contribution in [0.4, 0.5) is 0 Å². The zero-order valence-electron chi connectivity index (χ0n) is 13.2. The van der Waals surface area contributed by atoms with E-state index in [0.29, 0.717) is 6.54 Å². The summed E-state index contributed by atoms with van der Waals surface area (Å²) >= 11 is 0. The highest BCUT2D eigenvalue weighted by Crippen LogP contribution is 2.37. The van der Waals surface area contributed by atoms with Crippen molar-refractivity contribution in [2.75, 3.05) is 6.54 Å². The number of amides is 1. The molecule has 2 saturated carbocycles. The summed E-state index contributed by atoms with van der Waals surface area (Å²) in [6, 6.07) is 0. The normalized spacial score (nSPS) is 33.6. The molecule has 0 saturated heterocycles. The van der Waals surface area contributed by atoms with E-state index in [4.69, 9.17) is 0 Å². The second-order valence-electron chi connectivity index (χ2n) is 7.38. The molecule has 2 aliphatic rings. The molecule has 0 spiro atoms. The first kappa shape index (κ1) is 15.8. The molecule has 3 nitrogen and oxygen atoms in total. The van der Waals surface area contributed by atoms with Gasteiger partial charge in [-0.2, -0.15) is 0 Å². The van der Waals surface area contributed by atoms with E-state index >= 15 is 0 Å². The molecule has 2 aliphatic carbocycles. The Morgan fingerprint density at radius 3 is 2.30 bits per heavy atom. The topological polar surface area (TPSA) is 49.3 Å². The smallest absolute Gasteiger partial charge is 0.226 e. The molecule has 0 bridgehead atoms. The molecule has 116 valence electrons. The minimum absolute atomic E-state index is 0.156. The molecule has 3 heteroatoms. The summed E-state index contributed by atoms with van der Waals surface area (Å²) in [6.45, 7) is 4.75. The van der Waals surface area contributed by atoms with E-state index < -0.39 is 5.60 Å². The standard InChI is InChI=1S/C17H31NO2/c1-3-14-7-11-17(20,12-8-14)13-18-15(19)16(2)9-5-4-6-10-16/h14,20H,3-13H2,1-2H3,(H,18,19). The minimum atomic E-state index is -0.660. The first-order valence-corrected chi connectivity index (χ1v) is 8.48. The molecule has 20 heavy (non-hydrogen) atoms. The first-order chi connectivity index (χ1) is 9.47. The largest absolute Gasteiger partial charge is 0.388 e. The van der Waals surface area contributed by atoms with Crippen molar-refractivity contribution < 1.29 is 9.90 Å². The van der Waals surface area contributed by atoms with Crippen LogP contribution in [0.25, 0.3) is 0 Å². The summed E-state index contributed by atoms with van der Waals surface area (Å²) in [4.78, 5) is 12.4. The molecular weight excluding hydrogens is 250 g/mol. The van der Waals surface area contributed by atoms with E-state index in [1.54, 1.807) is 0 Å². The summed E-state index contributed by atoms with van der Waals surface area (Å²) in [5.74, 6) is 0.921. The molecule has 0 aromatic carbocycles. The van der Waals surface area contributed by atoms with Gasteiger partial charge < -0.3 is 10.4 Å². The van der Waals surface area contributed by atoms with Crippen molar-refractivity contribution in [3.05, 3.63) is 0 Å². The average molecular weight is 281 g/mol. The lowest BCUT2D eigenvalue weighted by molar-refractivity contribution is -0.133. The quantitative estimate of drug-likeness (QED) is 0.829. The number of carbonyl (C=O) groups is 1. The maximum absolute atomic E-state index is 12.4. The molecule has 0 heterocycles. The van der Waals surface area contributed by atoms with Crippen LogP contribution in [-0.2, 0) is 4.79 Å². The molecule has 0 radical (unpaired) electrons. The Morgan fingerprint density at radius 2 is 1.75 bits per heavy atom. The van der Waals surface area contributed by atoms with E-state index in [9.17, 15) is 9.90 Å². The summed E-state index contributed by atoms with van der Waals surface area (Å²) < 4.78 is 0. The van der Waals surface area contributed by atoms with E-state index in [-0.39, 0.29) is 11.3 Å². The van der Waals surface area contributed by atoms with Crippen molar-refractivity contribution in [3.8, 4) is 0 Å². The number of carbonyl (C=O) groups excluding carboxylic acids is 1. The monoisotopic (exact) mass is 281 g/mol. The van der Waals surface area contributed by atoms with Crippen molar-refractivity contribution in [2.24, 2.45) is 11.3 Å². The Bertz CT molecular complexity index is 326. The Hall–Kier alpha value is -0.570. The van der Waals surface area contributed by atoms with Crippen molar-refractivity contribution >= 4 is 5.91 Å². The fourth-order valence-corrected chi connectivity index (χ4v) is 3.82. The predicted octanol–water partition coefficient (Wildman–Crippen LogP) is 3.40. The zero-order chi connectivity index (χ0) is 14.6. The molecule has 0 aliphatic heterocycles. The highest BCUT2D eigenvalue weighted by atomic mass is 16.3. The first-order valence-electron chi connectivity index (χ1n) is 8.48. The second-order valence-corrected chi connectivity index (χ2v) is 7.38. The lowest BCUT2D eigenvalue weighted by atomic mass is 9.74. The lowest BCUT2D eigenvalue weighted by Crippen LogP contribution is -2.49. The molecule has 0 aromatic heterocycles. The number of hydrogen-bond acceptors (Lipinski definition) is 2. The molecule has 0 unspecified atom stereocenters. The highest BCUT2D eigenvalue weighted by Gasteiger charge is 2.37. The third-order valence-electron chi connectivity index (χ3n) is 5.70. The number of rotatable bonds is 4. The van der Waals surface area contributed by atoms with Gasteiger partial charge in [-0.15, -0.1) is 0 Å². The summed E-state index contributed by atoms with van der Waals surface area (Å²) in [6.07, 6.45) is 10.6. The van der Waals surface area contributed by atoms with Gasteiger partial charge in [0.1, 0.15) is 0 Å². The van der Waals surface area contributed by atoms with Crippen LogP contribution in [0.3, 0.4) is 0 Å². The Morgan fingerprint density at radius 1 is 1.15 bits per heavy atom. The second kappa shape index (κ2) is 6.46. The molecule has 1 amide bonds. The maximum Gasteiger partial charge on any atom is 0.226 e. The van der Waals surface area contributed by atoms with Gasteiger partial charge in [-0.3, -0.25) is 4.79 Å². The van der Waals surface area contributed by atoms with Gasteiger partial charge in [0, 0.05) is 12.0 Å². The van der Waals surface area contributed by atoms with Gasteiger partial charge in [-0.1, -0.05) is 39.5 Å². The molecule has 2 N–H and O–H groups in total. The predicted molar refractivity (Wildman–Crippen MR) is 81.4 cm³/mol. The fraction of sp³-hybridized carbons (Fsp3) is 0.941. The van der Waals surface area contributed by atoms with E-state index in [0.717, 1.165) is 57.3 Å².